The highest BCUT2D eigenvalue weighted by Gasteiger charge is 2.18. The molecule has 0 spiro atoms. The van der Waals surface area contributed by atoms with Gasteiger partial charge in [0.25, 0.3) is 6.43 Å². The zero-order valence-electron chi connectivity index (χ0n) is 7.02. The molecular weight excluding hydrogens is 166 g/mol. The van der Waals surface area contributed by atoms with Gasteiger partial charge < -0.3 is 11.1 Å². The van der Waals surface area contributed by atoms with Crippen LogP contribution in [0.2, 0.25) is 0 Å². The van der Waals surface area contributed by atoms with Crippen molar-refractivity contribution < 1.29 is 13.6 Å². The Balaban J connectivity index is 3.54. The van der Waals surface area contributed by atoms with Gasteiger partial charge in [-0.1, -0.05) is 6.92 Å². The predicted octanol–water partition coefficient (Wildman–Crippen LogP) is 0.495. The highest BCUT2D eigenvalue weighted by molar-refractivity contribution is 5.76. The Morgan fingerprint density at radius 2 is 2.17 bits per heavy atom. The van der Waals surface area contributed by atoms with Crippen LogP contribution in [0.3, 0.4) is 0 Å². The summed E-state index contributed by atoms with van der Waals surface area (Å²) in [5.74, 6) is -0.412. The third-order valence-electron chi connectivity index (χ3n) is 1.32. The molecule has 0 fully saturated rings. The van der Waals surface area contributed by atoms with Gasteiger partial charge in [-0.2, -0.15) is 0 Å². The van der Waals surface area contributed by atoms with Crippen molar-refractivity contribution in [3.05, 3.63) is 0 Å². The largest absolute Gasteiger partial charge is 0.356 e. The van der Waals surface area contributed by atoms with Gasteiger partial charge >= 0.3 is 0 Å². The van der Waals surface area contributed by atoms with Gasteiger partial charge in [-0.15, -0.1) is 0 Å². The molecule has 0 aromatic carbocycles. The second-order valence-electron chi connectivity index (χ2n) is 2.55. The van der Waals surface area contributed by atoms with Gasteiger partial charge in [0, 0.05) is 13.0 Å². The molecule has 1 unspecified atom stereocenters. The number of carbonyl (C=O) groups excluding carboxylic acids is 1. The normalized spacial score (nSPS) is 13.1. The first-order chi connectivity index (χ1) is 5.57. The first-order valence-electron chi connectivity index (χ1n) is 3.88. The summed E-state index contributed by atoms with van der Waals surface area (Å²) < 4.78 is 23.6. The molecule has 0 heterocycles. The molecule has 3 nitrogen and oxygen atoms in total. The molecule has 5 heteroatoms. The number of carbonyl (C=O) groups is 1. The van der Waals surface area contributed by atoms with Gasteiger partial charge in [0.05, 0.1) is 6.04 Å². The van der Waals surface area contributed by atoms with Gasteiger partial charge in [0.2, 0.25) is 5.91 Å². The summed E-state index contributed by atoms with van der Waals surface area (Å²) in [6.45, 7) is 2.39. The molecule has 12 heavy (non-hydrogen) atoms. The fourth-order valence-corrected chi connectivity index (χ4v) is 0.640. The number of amides is 1. The Morgan fingerprint density at radius 3 is 2.58 bits per heavy atom. The third-order valence-corrected chi connectivity index (χ3v) is 1.32. The summed E-state index contributed by atoms with van der Waals surface area (Å²) >= 11 is 0. The molecule has 0 aromatic heterocycles. The SMILES string of the molecule is CCCNC(=O)CC(N)C(F)F. The average molecular weight is 180 g/mol. The van der Waals surface area contributed by atoms with Crippen molar-refractivity contribution >= 4 is 5.91 Å². The Kier molecular flexibility index (Phi) is 5.53. The van der Waals surface area contributed by atoms with Crippen molar-refractivity contribution in [2.75, 3.05) is 6.54 Å². The number of hydrogen-bond donors (Lipinski definition) is 2. The fourth-order valence-electron chi connectivity index (χ4n) is 0.640. The second kappa shape index (κ2) is 5.88. The lowest BCUT2D eigenvalue weighted by Crippen LogP contribution is -2.36. The maximum absolute atomic E-state index is 11.8. The lowest BCUT2D eigenvalue weighted by Gasteiger charge is -2.09. The van der Waals surface area contributed by atoms with Crippen LogP contribution in [0, 0.1) is 0 Å². The lowest BCUT2D eigenvalue weighted by molar-refractivity contribution is -0.122. The summed E-state index contributed by atoms with van der Waals surface area (Å²) in [6, 6.07) is -1.35. The number of nitrogens with one attached hydrogen (secondary N) is 1. The molecule has 0 bridgehead atoms. The summed E-state index contributed by atoms with van der Waals surface area (Å²) in [4.78, 5) is 10.8. The van der Waals surface area contributed by atoms with Crippen LogP contribution in [0.15, 0.2) is 0 Å². The van der Waals surface area contributed by atoms with Crippen LogP contribution in [-0.2, 0) is 4.79 Å². The maximum atomic E-state index is 11.8. The van der Waals surface area contributed by atoms with Crippen LogP contribution in [0.25, 0.3) is 0 Å². The quantitative estimate of drug-likeness (QED) is 0.647. The minimum absolute atomic E-state index is 0.308. The number of alkyl halides is 2. The van der Waals surface area contributed by atoms with E-state index in [0.29, 0.717) is 6.54 Å². The van der Waals surface area contributed by atoms with Crippen molar-refractivity contribution in [1.82, 2.24) is 5.32 Å². The van der Waals surface area contributed by atoms with Crippen LogP contribution < -0.4 is 11.1 Å². The Hall–Kier alpha value is -0.710. The van der Waals surface area contributed by atoms with Crippen LogP contribution in [0.5, 0.6) is 0 Å². The maximum Gasteiger partial charge on any atom is 0.253 e. The zero-order valence-corrected chi connectivity index (χ0v) is 7.02. The van der Waals surface area contributed by atoms with Gasteiger partial charge in [-0.25, -0.2) is 8.78 Å². The van der Waals surface area contributed by atoms with E-state index in [0.717, 1.165) is 6.42 Å². The monoisotopic (exact) mass is 180 g/mol. The first kappa shape index (κ1) is 11.3. The lowest BCUT2D eigenvalue weighted by atomic mass is 10.2. The molecule has 1 atom stereocenters. The molecule has 3 N–H and O–H groups in total. The minimum Gasteiger partial charge on any atom is -0.356 e. The molecule has 0 saturated heterocycles. The van der Waals surface area contributed by atoms with Crippen molar-refractivity contribution in [2.45, 2.75) is 32.2 Å². The van der Waals surface area contributed by atoms with E-state index >= 15 is 0 Å². The van der Waals surface area contributed by atoms with Crippen molar-refractivity contribution in [1.29, 1.82) is 0 Å². The highest BCUT2D eigenvalue weighted by Crippen LogP contribution is 2.01. The molecular formula is C7H14F2N2O. The molecule has 0 aliphatic carbocycles. The summed E-state index contributed by atoms with van der Waals surface area (Å²) in [5.41, 5.74) is 4.98. The van der Waals surface area contributed by atoms with Crippen LogP contribution in [-0.4, -0.2) is 24.9 Å². The third kappa shape index (κ3) is 5.01. The molecule has 0 radical (unpaired) electrons. The van der Waals surface area contributed by atoms with E-state index in [2.05, 4.69) is 5.32 Å². The standard InChI is InChI=1S/C7H14F2N2O/c1-2-3-11-6(12)4-5(10)7(8)9/h5,7H,2-4,10H2,1H3,(H,11,12). The summed E-state index contributed by atoms with van der Waals surface area (Å²) in [6.07, 6.45) is -2.15. The second-order valence-corrected chi connectivity index (χ2v) is 2.55. The van der Waals surface area contributed by atoms with Gasteiger partial charge in [-0.05, 0) is 6.42 Å². The summed E-state index contributed by atoms with van der Waals surface area (Å²) in [7, 11) is 0. The van der Waals surface area contributed by atoms with Crippen molar-refractivity contribution in [3.63, 3.8) is 0 Å². The number of hydrogen-bond acceptors (Lipinski definition) is 2. The van der Waals surface area contributed by atoms with E-state index in [-0.39, 0.29) is 6.42 Å². The van der Waals surface area contributed by atoms with E-state index in [1.165, 1.54) is 0 Å². The number of rotatable bonds is 5. The summed E-state index contributed by atoms with van der Waals surface area (Å²) in [5, 5.41) is 2.47. The molecule has 1 amide bonds. The molecule has 0 aromatic rings. The Bertz CT molecular complexity index is 141. The average Bonchev–Trinajstić information content (AvgIpc) is 2.00. The number of halogens is 2. The molecule has 0 aliphatic rings. The van der Waals surface area contributed by atoms with Gasteiger partial charge in [0.1, 0.15) is 0 Å². The van der Waals surface area contributed by atoms with Gasteiger partial charge in [-0.3, -0.25) is 4.79 Å². The molecule has 0 saturated carbocycles. The van der Waals surface area contributed by atoms with Gasteiger partial charge in [0.15, 0.2) is 0 Å². The Morgan fingerprint density at radius 1 is 1.58 bits per heavy atom. The first-order valence-corrected chi connectivity index (χ1v) is 3.88. The smallest absolute Gasteiger partial charge is 0.253 e. The fraction of sp³-hybridized carbons (Fsp3) is 0.857. The van der Waals surface area contributed by atoms with E-state index in [1.54, 1.807) is 0 Å². The van der Waals surface area contributed by atoms with Crippen molar-refractivity contribution in [2.24, 2.45) is 5.73 Å². The molecule has 72 valence electrons. The van der Waals surface area contributed by atoms with Crippen molar-refractivity contribution in [3.8, 4) is 0 Å². The van der Waals surface area contributed by atoms with Crippen LogP contribution in [0.4, 0.5) is 8.78 Å². The number of nitrogens with two attached hydrogens (primary N) is 1. The molecule has 0 rings (SSSR count). The zero-order chi connectivity index (χ0) is 9.56. The van der Waals surface area contributed by atoms with E-state index in [1.807, 2.05) is 6.92 Å². The Labute approximate surface area is 70.3 Å². The van der Waals surface area contributed by atoms with E-state index in [4.69, 9.17) is 5.73 Å². The van der Waals surface area contributed by atoms with Crippen LogP contribution >= 0.6 is 0 Å². The minimum atomic E-state index is -2.63. The van der Waals surface area contributed by atoms with Crippen LogP contribution in [0.1, 0.15) is 19.8 Å². The topological polar surface area (TPSA) is 55.1 Å². The molecule has 0 aliphatic heterocycles. The van der Waals surface area contributed by atoms with E-state index < -0.39 is 18.4 Å². The van der Waals surface area contributed by atoms with E-state index in [9.17, 15) is 13.6 Å². The highest BCUT2D eigenvalue weighted by atomic mass is 19.3. The predicted molar refractivity (Wildman–Crippen MR) is 41.9 cm³/mol.